The first-order valence-electron chi connectivity index (χ1n) is 8.56. The van der Waals surface area contributed by atoms with Gasteiger partial charge >= 0.3 is 0 Å². The van der Waals surface area contributed by atoms with Crippen molar-refractivity contribution in [3.8, 4) is 22.3 Å². The molecule has 1 nitrogen and oxygen atoms in total. The maximum atomic E-state index is 3.57. The van der Waals surface area contributed by atoms with Gasteiger partial charge in [0.25, 0.3) is 0 Å². The van der Waals surface area contributed by atoms with E-state index in [0.717, 1.165) is 0 Å². The Hall–Kier alpha value is -3.32. The van der Waals surface area contributed by atoms with E-state index in [0.29, 0.717) is 0 Å². The van der Waals surface area contributed by atoms with Crippen molar-refractivity contribution in [1.82, 2.24) is 4.98 Å². The van der Waals surface area contributed by atoms with Crippen LogP contribution in [0.3, 0.4) is 0 Å². The Morgan fingerprint density at radius 1 is 0.480 bits per heavy atom. The molecule has 0 saturated heterocycles. The van der Waals surface area contributed by atoms with Gasteiger partial charge < -0.3 is 4.98 Å². The largest absolute Gasteiger partial charge is 0.354 e. The molecule has 0 aliphatic carbocycles. The van der Waals surface area contributed by atoms with Crippen LogP contribution in [-0.2, 0) is 0 Å². The zero-order chi connectivity index (χ0) is 16.6. The monoisotopic (exact) mass is 319 g/mol. The Morgan fingerprint density at radius 2 is 1.12 bits per heavy atom. The minimum atomic E-state index is 1.18. The fourth-order valence-electron chi connectivity index (χ4n) is 3.70. The molecule has 0 fully saturated rings. The summed E-state index contributed by atoms with van der Waals surface area (Å²) in [5, 5.41) is 2.57. The van der Waals surface area contributed by atoms with Gasteiger partial charge in [-0.1, -0.05) is 84.9 Å². The van der Waals surface area contributed by atoms with Crippen molar-refractivity contribution < 1.29 is 0 Å². The normalized spacial score (nSPS) is 11.2. The van der Waals surface area contributed by atoms with Crippen LogP contribution in [0.4, 0.5) is 0 Å². The van der Waals surface area contributed by atoms with Gasteiger partial charge in [0.2, 0.25) is 0 Å². The summed E-state index contributed by atoms with van der Waals surface area (Å²) in [4.78, 5) is 3.57. The summed E-state index contributed by atoms with van der Waals surface area (Å²) in [6.07, 6.45) is 0. The SMILES string of the molecule is c1ccc(-c2ccc3[nH]c4ccccc4c3c2-c2ccccc2)cc1. The first-order chi connectivity index (χ1) is 12.4. The molecule has 5 aromatic rings. The summed E-state index contributed by atoms with van der Waals surface area (Å²) in [6.45, 7) is 0. The van der Waals surface area contributed by atoms with Crippen molar-refractivity contribution in [3.63, 3.8) is 0 Å². The first-order valence-corrected chi connectivity index (χ1v) is 8.56. The summed E-state index contributed by atoms with van der Waals surface area (Å²) < 4.78 is 0. The van der Waals surface area contributed by atoms with Crippen LogP contribution in [0.1, 0.15) is 0 Å². The number of rotatable bonds is 2. The van der Waals surface area contributed by atoms with E-state index in [1.54, 1.807) is 0 Å². The molecule has 0 amide bonds. The molecule has 1 heterocycles. The molecule has 0 aliphatic heterocycles. The summed E-state index contributed by atoms with van der Waals surface area (Å²) >= 11 is 0. The molecule has 4 aromatic carbocycles. The molecule has 0 saturated carbocycles. The number of fused-ring (bicyclic) bond motifs is 3. The standard InChI is InChI=1S/C24H17N/c1-3-9-17(10-4-1)19-15-16-22-24(20-13-7-8-14-21(20)25-22)23(19)18-11-5-2-6-12-18/h1-16,25H. The third-order valence-electron chi connectivity index (χ3n) is 4.82. The van der Waals surface area contributed by atoms with E-state index < -0.39 is 0 Å². The number of aromatic nitrogens is 1. The van der Waals surface area contributed by atoms with Gasteiger partial charge in [-0.2, -0.15) is 0 Å². The van der Waals surface area contributed by atoms with Crippen LogP contribution < -0.4 is 0 Å². The summed E-state index contributed by atoms with van der Waals surface area (Å²) in [5.41, 5.74) is 7.41. The molecule has 5 rings (SSSR count). The zero-order valence-corrected chi connectivity index (χ0v) is 13.7. The summed E-state index contributed by atoms with van der Waals surface area (Å²) in [5.74, 6) is 0. The van der Waals surface area contributed by atoms with Gasteiger partial charge in [0.1, 0.15) is 0 Å². The van der Waals surface area contributed by atoms with E-state index in [-0.39, 0.29) is 0 Å². The molecule has 0 bridgehead atoms. The van der Waals surface area contributed by atoms with Crippen molar-refractivity contribution in [2.75, 3.05) is 0 Å². The van der Waals surface area contributed by atoms with Crippen LogP contribution in [0.2, 0.25) is 0 Å². The predicted octanol–water partition coefficient (Wildman–Crippen LogP) is 6.66. The molecule has 0 radical (unpaired) electrons. The van der Waals surface area contributed by atoms with Crippen molar-refractivity contribution >= 4 is 21.8 Å². The Bertz CT molecular complexity index is 1170. The van der Waals surface area contributed by atoms with Crippen LogP contribution >= 0.6 is 0 Å². The van der Waals surface area contributed by atoms with Crippen LogP contribution in [-0.4, -0.2) is 4.98 Å². The Labute approximate surface area is 146 Å². The van der Waals surface area contributed by atoms with E-state index in [9.17, 15) is 0 Å². The minimum absolute atomic E-state index is 1.18. The quantitative estimate of drug-likeness (QED) is 0.374. The number of H-pyrrole nitrogens is 1. The van der Waals surface area contributed by atoms with Crippen LogP contribution in [0.25, 0.3) is 44.1 Å². The van der Waals surface area contributed by atoms with Gasteiger partial charge in [0, 0.05) is 21.8 Å². The smallest absolute Gasteiger partial charge is 0.0471 e. The van der Waals surface area contributed by atoms with Gasteiger partial charge in [0.15, 0.2) is 0 Å². The van der Waals surface area contributed by atoms with Gasteiger partial charge in [0.05, 0.1) is 0 Å². The highest BCUT2D eigenvalue weighted by atomic mass is 14.7. The highest BCUT2D eigenvalue weighted by Crippen LogP contribution is 2.41. The lowest BCUT2D eigenvalue weighted by Gasteiger charge is -2.12. The molecular weight excluding hydrogens is 302 g/mol. The molecule has 0 aliphatic rings. The van der Waals surface area contributed by atoms with Crippen molar-refractivity contribution in [1.29, 1.82) is 0 Å². The molecule has 0 atom stereocenters. The fourth-order valence-corrected chi connectivity index (χ4v) is 3.70. The van der Waals surface area contributed by atoms with Gasteiger partial charge in [-0.25, -0.2) is 0 Å². The van der Waals surface area contributed by atoms with Crippen LogP contribution in [0, 0.1) is 0 Å². The third-order valence-corrected chi connectivity index (χ3v) is 4.82. The molecule has 25 heavy (non-hydrogen) atoms. The molecule has 0 unspecified atom stereocenters. The average Bonchev–Trinajstić information content (AvgIpc) is 3.07. The first kappa shape index (κ1) is 14.1. The lowest BCUT2D eigenvalue weighted by atomic mass is 9.90. The second-order valence-electron chi connectivity index (χ2n) is 6.31. The number of hydrogen-bond acceptors (Lipinski definition) is 0. The second kappa shape index (κ2) is 5.64. The van der Waals surface area contributed by atoms with Crippen molar-refractivity contribution in [3.05, 3.63) is 97.1 Å². The number of benzene rings is 4. The molecule has 118 valence electrons. The maximum absolute atomic E-state index is 3.57. The lowest BCUT2D eigenvalue weighted by Crippen LogP contribution is -1.87. The van der Waals surface area contributed by atoms with E-state index in [1.165, 1.54) is 44.1 Å². The predicted molar refractivity (Wildman–Crippen MR) is 107 cm³/mol. The fraction of sp³-hybridized carbons (Fsp3) is 0. The Kier molecular flexibility index (Phi) is 3.17. The van der Waals surface area contributed by atoms with E-state index >= 15 is 0 Å². The summed E-state index contributed by atoms with van der Waals surface area (Å²) in [6, 6.07) is 34.3. The number of hydrogen-bond donors (Lipinski definition) is 1. The minimum Gasteiger partial charge on any atom is -0.354 e. The van der Waals surface area contributed by atoms with Crippen LogP contribution in [0.15, 0.2) is 97.1 Å². The zero-order valence-electron chi connectivity index (χ0n) is 13.7. The lowest BCUT2D eigenvalue weighted by molar-refractivity contribution is 1.54. The molecule has 0 spiro atoms. The number of para-hydroxylation sites is 1. The van der Waals surface area contributed by atoms with Gasteiger partial charge in [-0.3, -0.25) is 0 Å². The average molecular weight is 319 g/mol. The molecule has 1 heteroatoms. The molecule has 1 aromatic heterocycles. The van der Waals surface area contributed by atoms with E-state index in [1.807, 2.05) is 0 Å². The van der Waals surface area contributed by atoms with Crippen molar-refractivity contribution in [2.24, 2.45) is 0 Å². The second-order valence-corrected chi connectivity index (χ2v) is 6.31. The van der Waals surface area contributed by atoms with E-state index in [2.05, 4.69) is 102 Å². The van der Waals surface area contributed by atoms with Crippen LogP contribution in [0.5, 0.6) is 0 Å². The topological polar surface area (TPSA) is 15.8 Å². The Morgan fingerprint density at radius 3 is 1.88 bits per heavy atom. The maximum Gasteiger partial charge on any atom is 0.0471 e. The highest BCUT2D eigenvalue weighted by molar-refractivity contribution is 6.17. The highest BCUT2D eigenvalue weighted by Gasteiger charge is 2.15. The molecular formula is C24H17N. The van der Waals surface area contributed by atoms with E-state index in [4.69, 9.17) is 0 Å². The van der Waals surface area contributed by atoms with Crippen molar-refractivity contribution in [2.45, 2.75) is 0 Å². The number of aromatic amines is 1. The van der Waals surface area contributed by atoms with Gasteiger partial charge in [-0.05, 0) is 34.4 Å². The van der Waals surface area contributed by atoms with Gasteiger partial charge in [-0.15, -0.1) is 0 Å². The Balaban J connectivity index is 1.97. The third kappa shape index (κ3) is 2.25. The number of nitrogens with one attached hydrogen (secondary N) is 1. The molecule has 1 N–H and O–H groups in total. The summed E-state index contributed by atoms with van der Waals surface area (Å²) in [7, 11) is 0.